The van der Waals surface area contributed by atoms with E-state index in [4.69, 9.17) is 14.2 Å². The predicted octanol–water partition coefficient (Wildman–Crippen LogP) is 3.64. The van der Waals surface area contributed by atoms with Gasteiger partial charge in [0, 0.05) is 19.5 Å². The van der Waals surface area contributed by atoms with E-state index in [2.05, 4.69) is 0 Å². The maximum atomic E-state index is 12.9. The SMILES string of the molecule is CCOc1ccc(S(=O)(=O)N2CCC(C(=O)OCCCOc3ccc(F)cc3)CC2)cc1. The van der Waals surface area contributed by atoms with Gasteiger partial charge in [-0.05, 0) is 68.3 Å². The van der Waals surface area contributed by atoms with E-state index in [0.717, 1.165) is 0 Å². The molecular weight excluding hydrogens is 437 g/mol. The van der Waals surface area contributed by atoms with Crippen molar-refractivity contribution in [3.63, 3.8) is 0 Å². The number of hydrogen-bond acceptors (Lipinski definition) is 6. The van der Waals surface area contributed by atoms with Gasteiger partial charge in [-0.15, -0.1) is 0 Å². The second-order valence-corrected chi connectivity index (χ2v) is 9.34. The van der Waals surface area contributed by atoms with Crippen molar-refractivity contribution in [2.75, 3.05) is 32.9 Å². The van der Waals surface area contributed by atoms with Gasteiger partial charge in [-0.3, -0.25) is 4.79 Å². The molecule has 0 saturated carbocycles. The van der Waals surface area contributed by atoms with Crippen molar-refractivity contribution in [1.82, 2.24) is 4.31 Å². The van der Waals surface area contributed by atoms with E-state index < -0.39 is 10.0 Å². The fourth-order valence-corrected chi connectivity index (χ4v) is 4.90. The Balaban J connectivity index is 1.39. The third-order valence-electron chi connectivity index (χ3n) is 5.18. The molecule has 32 heavy (non-hydrogen) atoms. The molecule has 1 saturated heterocycles. The number of halogens is 1. The number of nitrogens with zero attached hydrogens (tertiary/aromatic N) is 1. The second kappa shape index (κ2) is 11.3. The maximum absolute atomic E-state index is 12.9. The van der Waals surface area contributed by atoms with Gasteiger partial charge in [-0.2, -0.15) is 4.31 Å². The molecule has 0 unspecified atom stereocenters. The molecule has 1 aliphatic rings. The fourth-order valence-electron chi connectivity index (χ4n) is 3.43. The number of benzene rings is 2. The number of esters is 1. The van der Waals surface area contributed by atoms with E-state index in [9.17, 15) is 17.6 Å². The van der Waals surface area contributed by atoms with Crippen molar-refractivity contribution in [2.45, 2.75) is 31.1 Å². The van der Waals surface area contributed by atoms with E-state index in [0.29, 0.717) is 44.0 Å². The zero-order valence-electron chi connectivity index (χ0n) is 18.0. The molecule has 3 rings (SSSR count). The summed E-state index contributed by atoms with van der Waals surface area (Å²) >= 11 is 0. The van der Waals surface area contributed by atoms with Crippen molar-refractivity contribution in [2.24, 2.45) is 5.92 Å². The molecule has 1 fully saturated rings. The Labute approximate surface area is 188 Å². The van der Waals surface area contributed by atoms with Crippen LogP contribution in [0.25, 0.3) is 0 Å². The van der Waals surface area contributed by atoms with Crippen LogP contribution >= 0.6 is 0 Å². The highest BCUT2D eigenvalue weighted by Gasteiger charge is 2.32. The van der Waals surface area contributed by atoms with Crippen molar-refractivity contribution < 1.29 is 31.8 Å². The lowest BCUT2D eigenvalue weighted by atomic mass is 9.98. The van der Waals surface area contributed by atoms with Crippen LogP contribution in [0.15, 0.2) is 53.4 Å². The summed E-state index contributed by atoms with van der Waals surface area (Å²) in [6.07, 6.45) is 1.34. The summed E-state index contributed by atoms with van der Waals surface area (Å²) in [6.45, 7) is 3.47. The van der Waals surface area contributed by atoms with E-state index >= 15 is 0 Å². The average Bonchev–Trinajstić information content (AvgIpc) is 2.80. The largest absolute Gasteiger partial charge is 0.494 e. The minimum absolute atomic E-state index is 0.211. The highest BCUT2D eigenvalue weighted by atomic mass is 32.2. The van der Waals surface area contributed by atoms with Crippen molar-refractivity contribution in [3.05, 3.63) is 54.3 Å². The van der Waals surface area contributed by atoms with E-state index in [1.165, 1.54) is 40.7 Å². The van der Waals surface area contributed by atoms with Crippen molar-refractivity contribution in [3.8, 4) is 11.5 Å². The van der Waals surface area contributed by atoms with Gasteiger partial charge in [-0.25, -0.2) is 12.8 Å². The monoisotopic (exact) mass is 465 g/mol. The molecule has 1 heterocycles. The lowest BCUT2D eigenvalue weighted by Crippen LogP contribution is -2.40. The van der Waals surface area contributed by atoms with E-state index in [1.807, 2.05) is 6.92 Å². The van der Waals surface area contributed by atoms with Crippen LogP contribution in [0.2, 0.25) is 0 Å². The number of sulfonamides is 1. The summed E-state index contributed by atoms with van der Waals surface area (Å²) in [5.41, 5.74) is 0. The maximum Gasteiger partial charge on any atom is 0.309 e. The average molecular weight is 466 g/mol. The molecule has 0 bridgehead atoms. The Bertz CT molecular complexity index is 971. The van der Waals surface area contributed by atoms with Gasteiger partial charge in [0.05, 0.1) is 30.6 Å². The van der Waals surface area contributed by atoms with Gasteiger partial charge in [0.15, 0.2) is 0 Å². The van der Waals surface area contributed by atoms with Gasteiger partial charge in [-0.1, -0.05) is 0 Å². The standard InChI is InChI=1S/C23H28FNO6S/c1-2-29-20-8-10-22(11-9-20)32(27,28)25-14-12-18(13-15-25)23(26)31-17-3-16-30-21-6-4-19(24)5-7-21/h4-11,18H,2-3,12-17H2,1H3. The molecule has 0 atom stereocenters. The van der Waals surface area contributed by atoms with Crippen LogP contribution in [0.1, 0.15) is 26.2 Å². The van der Waals surface area contributed by atoms with Gasteiger partial charge >= 0.3 is 5.97 Å². The predicted molar refractivity (Wildman–Crippen MR) is 117 cm³/mol. The molecule has 0 radical (unpaired) electrons. The van der Waals surface area contributed by atoms with Gasteiger partial charge in [0.25, 0.3) is 0 Å². The van der Waals surface area contributed by atoms with Gasteiger partial charge in [0.2, 0.25) is 10.0 Å². The lowest BCUT2D eigenvalue weighted by Gasteiger charge is -2.30. The summed E-state index contributed by atoms with van der Waals surface area (Å²) in [4.78, 5) is 12.5. The molecule has 0 aromatic heterocycles. The molecule has 7 nitrogen and oxygen atoms in total. The third-order valence-corrected chi connectivity index (χ3v) is 7.09. The first kappa shape index (κ1) is 24.0. The third kappa shape index (κ3) is 6.43. The van der Waals surface area contributed by atoms with Crippen LogP contribution in [-0.2, 0) is 19.6 Å². The van der Waals surface area contributed by atoms with Crippen LogP contribution in [0.4, 0.5) is 4.39 Å². The first-order chi connectivity index (χ1) is 15.4. The number of carbonyl (C=O) groups excluding carboxylic acids is 1. The molecular formula is C23H28FNO6S. The minimum atomic E-state index is -3.61. The first-order valence-electron chi connectivity index (χ1n) is 10.7. The molecule has 174 valence electrons. The molecule has 2 aromatic rings. The Morgan fingerprint density at radius 2 is 1.56 bits per heavy atom. The zero-order chi connectivity index (χ0) is 23.0. The zero-order valence-corrected chi connectivity index (χ0v) is 18.9. The fraction of sp³-hybridized carbons (Fsp3) is 0.435. The number of carbonyl (C=O) groups is 1. The molecule has 0 amide bonds. The molecule has 0 spiro atoms. The highest BCUT2D eigenvalue weighted by Crippen LogP contribution is 2.26. The normalized spacial score (nSPS) is 15.3. The second-order valence-electron chi connectivity index (χ2n) is 7.41. The van der Waals surface area contributed by atoms with Gasteiger partial charge in [0.1, 0.15) is 17.3 Å². The molecule has 1 aliphatic heterocycles. The molecule has 0 N–H and O–H groups in total. The van der Waals surface area contributed by atoms with Gasteiger partial charge < -0.3 is 14.2 Å². The van der Waals surface area contributed by atoms with Crippen molar-refractivity contribution in [1.29, 1.82) is 0 Å². The number of hydrogen-bond donors (Lipinski definition) is 0. The Morgan fingerprint density at radius 3 is 2.19 bits per heavy atom. The Morgan fingerprint density at radius 1 is 0.969 bits per heavy atom. The highest BCUT2D eigenvalue weighted by molar-refractivity contribution is 7.89. The van der Waals surface area contributed by atoms with Crippen LogP contribution in [0.3, 0.4) is 0 Å². The quantitative estimate of drug-likeness (QED) is 0.394. The summed E-state index contributed by atoms with van der Waals surface area (Å²) in [7, 11) is -3.61. The summed E-state index contributed by atoms with van der Waals surface area (Å²) in [6, 6.07) is 12.1. The summed E-state index contributed by atoms with van der Waals surface area (Å²) < 4.78 is 56.1. The molecule has 2 aromatic carbocycles. The topological polar surface area (TPSA) is 82.1 Å². The number of ether oxygens (including phenoxy) is 3. The minimum Gasteiger partial charge on any atom is -0.494 e. The van der Waals surface area contributed by atoms with Crippen LogP contribution in [0, 0.1) is 11.7 Å². The summed E-state index contributed by atoms with van der Waals surface area (Å²) in [5.74, 6) is 0.212. The Kier molecular flexibility index (Phi) is 8.46. The smallest absolute Gasteiger partial charge is 0.309 e. The van der Waals surface area contributed by atoms with Crippen LogP contribution < -0.4 is 9.47 Å². The Hall–Kier alpha value is -2.65. The van der Waals surface area contributed by atoms with Crippen molar-refractivity contribution >= 4 is 16.0 Å². The van der Waals surface area contributed by atoms with Crippen LogP contribution in [-0.4, -0.2) is 51.6 Å². The van der Waals surface area contributed by atoms with E-state index in [-0.39, 0.29) is 42.3 Å². The first-order valence-corrected chi connectivity index (χ1v) is 12.1. The number of rotatable bonds is 10. The molecule has 9 heteroatoms. The summed E-state index contributed by atoms with van der Waals surface area (Å²) in [5, 5.41) is 0. The lowest BCUT2D eigenvalue weighted by molar-refractivity contribution is -0.150. The van der Waals surface area contributed by atoms with Crippen LogP contribution in [0.5, 0.6) is 11.5 Å². The molecule has 0 aliphatic carbocycles. The van der Waals surface area contributed by atoms with E-state index in [1.54, 1.807) is 12.1 Å². The number of piperidine rings is 1.